The smallest absolute Gasteiger partial charge is 0.335 e. The highest BCUT2D eigenvalue weighted by atomic mass is 127. The maximum Gasteiger partial charge on any atom is 0.335 e. The molecule has 1 aromatic rings. The molecule has 4 heteroatoms. The van der Waals surface area contributed by atoms with Crippen LogP contribution in [0.4, 0.5) is 0 Å². The molecule has 2 rings (SSSR count). The van der Waals surface area contributed by atoms with Crippen molar-refractivity contribution < 1.29 is 14.6 Å². The first-order chi connectivity index (χ1) is 9.11. The summed E-state index contributed by atoms with van der Waals surface area (Å²) in [6.07, 6.45) is 6.14. The van der Waals surface area contributed by atoms with Crippen LogP contribution in [-0.4, -0.2) is 17.2 Å². The fourth-order valence-electron chi connectivity index (χ4n) is 2.69. The summed E-state index contributed by atoms with van der Waals surface area (Å²) in [5.41, 5.74) is 0.291. The zero-order chi connectivity index (χ0) is 13.8. The van der Waals surface area contributed by atoms with E-state index < -0.39 is 5.97 Å². The van der Waals surface area contributed by atoms with Gasteiger partial charge in [0, 0.05) is 0 Å². The Morgan fingerprint density at radius 1 is 1.42 bits per heavy atom. The molecule has 0 radical (unpaired) electrons. The van der Waals surface area contributed by atoms with Crippen molar-refractivity contribution in [1.29, 1.82) is 0 Å². The van der Waals surface area contributed by atoms with Gasteiger partial charge in [0.05, 0.1) is 9.13 Å². The van der Waals surface area contributed by atoms with Crippen molar-refractivity contribution in [3.05, 3.63) is 27.3 Å². The lowest BCUT2D eigenvalue weighted by Gasteiger charge is -2.31. The Labute approximate surface area is 127 Å². The second-order valence-electron chi connectivity index (χ2n) is 5.06. The summed E-state index contributed by atoms with van der Waals surface area (Å²) in [4.78, 5) is 11.0. The summed E-state index contributed by atoms with van der Waals surface area (Å²) in [6, 6.07) is 5.07. The first-order valence-electron chi connectivity index (χ1n) is 6.81. The number of rotatable bonds is 4. The molecule has 1 N–H and O–H groups in total. The zero-order valence-electron chi connectivity index (χ0n) is 11.1. The van der Waals surface area contributed by atoms with Crippen LogP contribution in [0.2, 0.25) is 0 Å². The van der Waals surface area contributed by atoms with Crippen molar-refractivity contribution >= 4 is 28.6 Å². The molecule has 104 valence electrons. The summed E-state index contributed by atoms with van der Waals surface area (Å²) in [6.45, 7) is 2.20. The Bertz CT molecular complexity index is 459. The Morgan fingerprint density at radius 3 is 2.84 bits per heavy atom. The Kier molecular flexibility index (Phi) is 5.07. The number of hydrogen-bond acceptors (Lipinski definition) is 2. The fraction of sp³-hybridized carbons (Fsp3) is 0.533. The third-order valence-electron chi connectivity index (χ3n) is 3.82. The van der Waals surface area contributed by atoms with Gasteiger partial charge in [-0.05, 0) is 72.4 Å². The summed E-state index contributed by atoms with van der Waals surface area (Å²) >= 11 is 2.20. The largest absolute Gasteiger partial charge is 0.489 e. The predicted molar refractivity (Wildman–Crippen MR) is 82.8 cm³/mol. The molecule has 1 aliphatic rings. The van der Waals surface area contributed by atoms with Crippen molar-refractivity contribution in [2.75, 3.05) is 0 Å². The average Bonchev–Trinajstić information content (AvgIpc) is 2.41. The molecule has 2 unspecified atom stereocenters. The standard InChI is InChI=1S/C15H19IO3/c1-2-10-5-3-4-6-13(10)19-14-9-11(15(17)18)7-8-12(14)16/h7-10,13H,2-6H2,1H3,(H,17,18). The number of halogens is 1. The SMILES string of the molecule is CCC1CCCCC1Oc1cc(C(=O)O)ccc1I. The zero-order valence-corrected chi connectivity index (χ0v) is 13.2. The Hall–Kier alpha value is -0.780. The van der Waals surface area contributed by atoms with Gasteiger partial charge in [-0.15, -0.1) is 0 Å². The van der Waals surface area contributed by atoms with Crippen LogP contribution in [0.3, 0.4) is 0 Å². The van der Waals surface area contributed by atoms with E-state index in [2.05, 4.69) is 29.5 Å². The molecular weight excluding hydrogens is 355 g/mol. The number of benzene rings is 1. The summed E-state index contributed by atoms with van der Waals surface area (Å²) in [5, 5.41) is 9.05. The van der Waals surface area contributed by atoms with Gasteiger partial charge in [-0.1, -0.05) is 13.3 Å². The summed E-state index contributed by atoms with van der Waals surface area (Å²) in [5.74, 6) is 0.404. The summed E-state index contributed by atoms with van der Waals surface area (Å²) in [7, 11) is 0. The minimum absolute atomic E-state index is 0.233. The van der Waals surface area contributed by atoms with E-state index in [1.54, 1.807) is 12.1 Å². The normalized spacial score (nSPS) is 23.1. The molecular formula is C15H19IO3. The van der Waals surface area contributed by atoms with Gasteiger partial charge in [-0.25, -0.2) is 4.79 Å². The molecule has 1 aromatic carbocycles. The van der Waals surface area contributed by atoms with Crippen LogP contribution < -0.4 is 4.74 Å². The maximum absolute atomic E-state index is 11.0. The van der Waals surface area contributed by atoms with E-state index >= 15 is 0 Å². The van der Waals surface area contributed by atoms with Gasteiger partial charge in [-0.2, -0.15) is 0 Å². The van der Waals surface area contributed by atoms with Crippen LogP contribution in [-0.2, 0) is 0 Å². The van der Waals surface area contributed by atoms with Crippen molar-refractivity contribution in [2.24, 2.45) is 5.92 Å². The van der Waals surface area contributed by atoms with Crippen LogP contribution in [0.15, 0.2) is 18.2 Å². The molecule has 1 aliphatic carbocycles. The van der Waals surface area contributed by atoms with E-state index in [9.17, 15) is 4.79 Å². The molecule has 0 aliphatic heterocycles. The molecule has 0 spiro atoms. The molecule has 2 atom stereocenters. The molecule has 0 heterocycles. The highest BCUT2D eigenvalue weighted by molar-refractivity contribution is 14.1. The number of ether oxygens (including phenoxy) is 1. The monoisotopic (exact) mass is 374 g/mol. The quantitative estimate of drug-likeness (QED) is 0.798. The first-order valence-corrected chi connectivity index (χ1v) is 7.89. The van der Waals surface area contributed by atoms with Crippen LogP contribution >= 0.6 is 22.6 Å². The number of carbonyl (C=O) groups is 1. The number of carboxylic acids is 1. The third kappa shape index (κ3) is 3.61. The lowest BCUT2D eigenvalue weighted by Crippen LogP contribution is -2.30. The van der Waals surface area contributed by atoms with Crippen molar-refractivity contribution in [1.82, 2.24) is 0 Å². The fourth-order valence-corrected chi connectivity index (χ4v) is 3.15. The molecule has 3 nitrogen and oxygen atoms in total. The van der Waals surface area contributed by atoms with E-state index in [1.807, 2.05) is 6.07 Å². The highest BCUT2D eigenvalue weighted by Gasteiger charge is 2.26. The second kappa shape index (κ2) is 6.59. The average molecular weight is 374 g/mol. The van der Waals surface area contributed by atoms with Gasteiger partial charge in [0.1, 0.15) is 11.9 Å². The third-order valence-corrected chi connectivity index (χ3v) is 4.71. The number of carboxylic acid groups (broad SMARTS) is 1. The van der Waals surface area contributed by atoms with E-state index in [0.717, 1.165) is 16.4 Å². The van der Waals surface area contributed by atoms with Gasteiger partial charge in [-0.3, -0.25) is 0 Å². The first kappa shape index (κ1) is 14.6. The molecule has 1 fully saturated rings. The molecule has 19 heavy (non-hydrogen) atoms. The maximum atomic E-state index is 11.0. The summed E-state index contributed by atoms with van der Waals surface area (Å²) < 4.78 is 7.08. The number of hydrogen-bond donors (Lipinski definition) is 1. The van der Waals surface area contributed by atoms with Gasteiger partial charge in [0.2, 0.25) is 0 Å². The van der Waals surface area contributed by atoms with Gasteiger partial charge in [0.25, 0.3) is 0 Å². The lowest BCUT2D eigenvalue weighted by atomic mass is 9.85. The second-order valence-corrected chi connectivity index (χ2v) is 6.22. The minimum atomic E-state index is -0.906. The molecule has 0 aromatic heterocycles. The van der Waals surface area contributed by atoms with Crippen molar-refractivity contribution in [2.45, 2.75) is 45.1 Å². The van der Waals surface area contributed by atoms with Crippen LogP contribution in [0.5, 0.6) is 5.75 Å². The topological polar surface area (TPSA) is 46.5 Å². The van der Waals surface area contributed by atoms with E-state index in [1.165, 1.54) is 19.3 Å². The lowest BCUT2D eigenvalue weighted by molar-refractivity contribution is 0.0692. The van der Waals surface area contributed by atoms with Crippen LogP contribution in [0, 0.1) is 9.49 Å². The predicted octanol–water partition coefficient (Wildman–Crippen LogP) is 4.34. The Balaban J connectivity index is 2.17. The highest BCUT2D eigenvalue weighted by Crippen LogP contribution is 2.32. The number of aromatic carboxylic acids is 1. The molecule has 0 bridgehead atoms. The van der Waals surface area contributed by atoms with Crippen LogP contribution in [0.25, 0.3) is 0 Å². The molecule has 0 saturated heterocycles. The molecule has 0 amide bonds. The minimum Gasteiger partial charge on any atom is -0.489 e. The van der Waals surface area contributed by atoms with E-state index in [4.69, 9.17) is 9.84 Å². The molecule has 1 saturated carbocycles. The van der Waals surface area contributed by atoms with Crippen molar-refractivity contribution in [3.8, 4) is 5.75 Å². The van der Waals surface area contributed by atoms with Gasteiger partial charge >= 0.3 is 5.97 Å². The van der Waals surface area contributed by atoms with E-state index in [-0.39, 0.29) is 6.10 Å². The van der Waals surface area contributed by atoms with E-state index in [0.29, 0.717) is 17.2 Å². The van der Waals surface area contributed by atoms with Crippen molar-refractivity contribution in [3.63, 3.8) is 0 Å². The van der Waals surface area contributed by atoms with Gasteiger partial charge < -0.3 is 9.84 Å². The van der Waals surface area contributed by atoms with Gasteiger partial charge in [0.15, 0.2) is 0 Å². The van der Waals surface area contributed by atoms with Crippen LogP contribution in [0.1, 0.15) is 49.4 Å². The Morgan fingerprint density at radius 2 is 2.16 bits per heavy atom.